The van der Waals surface area contributed by atoms with Crippen LogP contribution in [-0.2, 0) is 22.0 Å². The molecule has 2 aromatic rings. The number of nitrogens with two attached hydrogens (primary N) is 1. The molecule has 0 aliphatic carbocycles. The van der Waals surface area contributed by atoms with E-state index in [-0.39, 0.29) is 5.82 Å². The zero-order valence-electron chi connectivity index (χ0n) is 12.9. The highest BCUT2D eigenvalue weighted by Crippen LogP contribution is 2.26. The van der Waals surface area contributed by atoms with E-state index in [2.05, 4.69) is 20.6 Å². The molecule has 1 unspecified atom stereocenters. The SMILES string of the molecule is CCCS(=N)c1nc(N)c(NC=O)c(NCc2ccccc2)n1. The lowest BCUT2D eigenvalue weighted by Gasteiger charge is -2.14. The van der Waals surface area contributed by atoms with E-state index in [9.17, 15) is 4.79 Å². The van der Waals surface area contributed by atoms with Crippen LogP contribution in [0.1, 0.15) is 18.9 Å². The molecule has 1 aromatic carbocycles. The van der Waals surface area contributed by atoms with Crippen LogP contribution in [0, 0.1) is 4.78 Å². The number of carbonyl (C=O) groups is 1. The number of amides is 1. The third-order valence-electron chi connectivity index (χ3n) is 3.05. The minimum atomic E-state index is -0.823. The van der Waals surface area contributed by atoms with Crippen LogP contribution in [0.4, 0.5) is 17.3 Å². The Morgan fingerprint density at radius 3 is 2.70 bits per heavy atom. The van der Waals surface area contributed by atoms with Crippen LogP contribution in [0.2, 0.25) is 0 Å². The summed E-state index contributed by atoms with van der Waals surface area (Å²) in [6, 6.07) is 9.81. The van der Waals surface area contributed by atoms with Gasteiger partial charge in [-0.3, -0.25) is 9.57 Å². The molecule has 1 amide bonds. The normalized spacial score (nSPS) is 11.7. The fraction of sp³-hybridized carbons (Fsp3) is 0.267. The van der Waals surface area contributed by atoms with Gasteiger partial charge in [0.25, 0.3) is 0 Å². The third-order valence-corrected chi connectivity index (χ3v) is 4.49. The van der Waals surface area contributed by atoms with Crippen molar-refractivity contribution in [3.05, 3.63) is 35.9 Å². The fourth-order valence-corrected chi connectivity index (χ4v) is 2.97. The van der Waals surface area contributed by atoms with Crippen LogP contribution in [0.3, 0.4) is 0 Å². The lowest BCUT2D eigenvalue weighted by atomic mass is 10.2. The largest absolute Gasteiger partial charge is 0.382 e. The first-order valence-electron chi connectivity index (χ1n) is 7.23. The van der Waals surface area contributed by atoms with Gasteiger partial charge in [-0.15, -0.1) is 0 Å². The van der Waals surface area contributed by atoms with Gasteiger partial charge in [0, 0.05) is 12.3 Å². The highest BCUT2D eigenvalue weighted by molar-refractivity contribution is 7.85. The molecule has 7 nitrogen and oxygen atoms in total. The van der Waals surface area contributed by atoms with Crippen molar-refractivity contribution < 1.29 is 4.79 Å². The summed E-state index contributed by atoms with van der Waals surface area (Å²) < 4.78 is 8.10. The van der Waals surface area contributed by atoms with Gasteiger partial charge in [0.1, 0.15) is 5.69 Å². The number of hydrogen-bond donors (Lipinski definition) is 4. The number of hydrogen-bond acceptors (Lipinski definition) is 6. The smallest absolute Gasteiger partial charge is 0.211 e. The Balaban J connectivity index is 2.29. The maximum Gasteiger partial charge on any atom is 0.211 e. The summed E-state index contributed by atoms with van der Waals surface area (Å²) in [5.41, 5.74) is 7.33. The van der Waals surface area contributed by atoms with Crippen molar-refractivity contribution in [1.82, 2.24) is 9.97 Å². The summed E-state index contributed by atoms with van der Waals surface area (Å²) in [4.78, 5) is 19.3. The Labute approximate surface area is 137 Å². The van der Waals surface area contributed by atoms with Crippen molar-refractivity contribution in [2.75, 3.05) is 22.1 Å². The van der Waals surface area contributed by atoms with Gasteiger partial charge in [-0.05, 0) is 22.7 Å². The first-order chi connectivity index (χ1) is 11.2. The predicted octanol–water partition coefficient (Wildman–Crippen LogP) is 2.39. The average Bonchev–Trinajstić information content (AvgIpc) is 2.56. The van der Waals surface area contributed by atoms with E-state index >= 15 is 0 Å². The molecule has 0 bridgehead atoms. The number of aromatic nitrogens is 2. The van der Waals surface area contributed by atoms with Crippen molar-refractivity contribution in [2.45, 2.75) is 25.0 Å². The van der Waals surface area contributed by atoms with Crippen molar-refractivity contribution in [3.63, 3.8) is 0 Å². The average molecular weight is 332 g/mol. The quantitative estimate of drug-likeness (QED) is 0.437. The van der Waals surface area contributed by atoms with Gasteiger partial charge in [-0.2, -0.15) is 0 Å². The summed E-state index contributed by atoms with van der Waals surface area (Å²) in [5.74, 6) is 1.28. The van der Waals surface area contributed by atoms with Crippen LogP contribution < -0.4 is 16.4 Å². The zero-order chi connectivity index (χ0) is 16.7. The molecule has 1 heterocycles. The number of anilines is 3. The Bertz CT molecular complexity index is 692. The molecular formula is C15H20N6OS. The number of nitrogen functional groups attached to an aromatic ring is 1. The summed E-state index contributed by atoms with van der Waals surface area (Å²) in [6.07, 6.45) is 1.41. The monoisotopic (exact) mass is 332 g/mol. The van der Waals surface area contributed by atoms with Crippen molar-refractivity contribution in [3.8, 4) is 0 Å². The van der Waals surface area contributed by atoms with Gasteiger partial charge in [-0.25, -0.2) is 9.97 Å². The van der Waals surface area contributed by atoms with Gasteiger partial charge >= 0.3 is 0 Å². The second-order valence-corrected chi connectivity index (χ2v) is 6.37. The van der Waals surface area contributed by atoms with Gasteiger partial charge < -0.3 is 16.4 Å². The van der Waals surface area contributed by atoms with E-state index in [1.54, 1.807) is 0 Å². The first-order valence-corrected chi connectivity index (χ1v) is 8.62. The summed E-state index contributed by atoms with van der Waals surface area (Å²) in [7, 11) is -0.823. The van der Waals surface area contributed by atoms with Crippen LogP contribution in [0.25, 0.3) is 0 Å². The summed E-state index contributed by atoms with van der Waals surface area (Å²) >= 11 is 0. The van der Waals surface area contributed by atoms with Gasteiger partial charge in [0.2, 0.25) is 11.6 Å². The molecule has 0 saturated carbocycles. The summed E-state index contributed by atoms with van der Waals surface area (Å²) in [5, 5.41) is 6.07. The molecule has 5 N–H and O–H groups in total. The molecule has 0 spiro atoms. The summed E-state index contributed by atoms with van der Waals surface area (Å²) in [6.45, 7) is 2.54. The fourth-order valence-electron chi connectivity index (χ4n) is 1.97. The molecule has 1 atom stereocenters. The molecule has 23 heavy (non-hydrogen) atoms. The van der Waals surface area contributed by atoms with E-state index < -0.39 is 10.7 Å². The Morgan fingerprint density at radius 1 is 1.30 bits per heavy atom. The minimum absolute atomic E-state index is 0.165. The predicted molar refractivity (Wildman–Crippen MR) is 93.4 cm³/mol. The van der Waals surface area contributed by atoms with E-state index in [1.165, 1.54) is 0 Å². The van der Waals surface area contributed by atoms with Gasteiger partial charge in [0.05, 0.1) is 0 Å². The number of carbonyl (C=O) groups excluding carboxylic acids is 1. The lowest BCUT2D eigenvalue weighted by Crippen LogP contribution is -2.13. The van der Waals surface area contributed by atoms with Gasteiger partial charge in [0.15, 0.2) is 11.6 Å². The van der Waals surface area contributed by atoms with Crippen LogP contribution in [0.5, 0.6) is 0 Å². The second-order valence-electron chi connectivity index (χ2n) is 4.81. The molecule has 1 aromatic heterocycles. The Kier molecular flexibility index (Phi) is 6.04. The maximum atomic E-state index is 10.8. The van der Waals surface area contributed by atoms with Gasteiger partial charge in [-0.1, -0.05) is 37.3 Å². The van der Waals surface area contributed by atoms with Crippen molar-refractivity contribution >= 4 is 34.4 Å². The highest BCUT2D eigenvalue weighted by atomic mass is 32.2. The third kappa shape index (κ3) is 4.49. The van der Waals surface area contributed by atoms with E-state index in [0.29, 0.717) is 35.4 Å². The minimum Gasteiger partial charge on any atom is -0.382 e. The second kappa shape index (κ2) is 8.23. The van der Waals surface area contributed by atoms with E-state index in [1.807, 2.05) is 37.3 Å². The zero-order valence-corrected chi connectivity index (χ0v) is 13.7. The molecular weight excluding hydrogens is 312 g/mol. The topological polar surface area (TPSA) is 117 Å². The van der Waals surface area contributed by atoms with Crippen LogP contribution in [-0.4, -0.2) is 22.1 Å². The van der Waals surface area contributed by atoms with Crippen molar-refractivity contribution in [1.29, 1.82) is 4.78 Å². The highest BCUT2D eigenvalue weighted by Gasteiger charge is 2.14. The number of nitrogens with zero attached hydrogens (tertiary/aromatic N) is 2. The Morgan fingerprint density at radius 2 is 2.04 bits per heavy atom. The van der Waals surface area contributed by atoms with Crippen LogP contribution >= 0.6 is 0 Å². The van der Waals surface area contributed by atoms with Crippen molar-refractivity contribution in [2.24, 2.45) is 0 Å². The molecule has 2 rings (SSSR count). The number of rotatable bonds is 8. The lowest BCUT2D eigenvalue weighted by molar-refractivity contribution is -0.105. The Hall–Kier alpha value is -2.48. The molecule has 0 fully saturated rings. The van der Waals surface area contributed by atoms with E-state index in [0.717, 1.165) is 12.0 Å². The molecule has 0 aliphatic heterocycles. The molecule has 8 heteroatoms. The number of benzene rings is 1. The molecule has 0 aliphatic rings. The van der Waals surface area contributed by atoms with Crippen LogP contribution in [0.15, 0.2) is 35.5 Å². The molecule has 122 valence electrons. The number of nitrogens with one attached hydrogen (secondary N) is 3. The maximum absolute atomic E-state index is 10.8. The molecule has 0 saturated heterocycles. The first kappa shape index (κ1) is 16.9. The molecule has 0 radical (unpaired) electrons. The van der Waals surface area contributed by atoms with E-state index in [4.69, 9.17) is 10.5 Å². The standard InChI is InChI=1S/C15H20N6OS/c1-2-8-23(17)15-20-13(16)12(19-10-22)14(21-15)18-9-11-6-4-3-5-7-11/h3-7,10,17H,2,8-9H2,1H3,(H,19,22)(H3,16,18,20,21).